The second kappa shape index (κ2) is 5.28. The molecular formula is C16H25NO5S. The van der Waals surface area contributed by atoms with Gasteiger partial charge < -0.3 is 5.11 Å². The van der Waals surface area contributed by atoms with Gasteiger partial charge >= 0.3 is 5.97 Å². The number of hydrogen-bond acceptors (Lipinski definition) is 4. The Morgan fingerprint density at radius 2 is 1.87 bits per heavy atom. The Morgan fingerprint density at radius 1 is 1.26 bits per heavy atom. The summed E-state index contributed by atoms with van der Waals surface area (Å²) in [5.41, 5.74) is -1.02. The fraction of sp³-hybridized carbons (Fsp3) is 0.875. The molecule has 3 rings (SSSR count). The van der Waals surface area contributed by atoms with Crippen LogP contribution >= 0.6 is 0 Å². The fourth-order valence-electron chi connectivity index (χ4n) is 4.89. The topological polar surface area (TPSA) is 91.8 Å². The van der Waals surface area contributed by atoms with Crippen molar-refractivity contribution < 1.29 is 23.1 Å². The van der Waals surface area contributed by atoms with Crippen molar-refractivity contribution >= 4 is 21.8 Å². The number of hydrogen-bond donors (Lipinski definition) is 1. The SMILES string of the molecule is CC1(C)[C@H]2CC[C@@]1(CS(=O)(=O)N1CCC(C(=O)O)CC1)C(=O)C2. The average molecular weight is 343 g/mol. The first-order valence-electron chi connectivity index (χ1n) is 8.34. The number of carboxylic acid groups (broad SMARTS) is 1. The Labute approximate surface area is 137 Å². The van der Waals surface area contributed by atoms with Crippen LogP contribution in [0.15, 0.2) is 0 Å². The number of carbonyl (C=O) groups is 2. The molecule has 0 unspecified atom stereocenters. The first-order valence-corrected chi connectivity index (χ1v) is 9.95. The van der Waals surface area contributed by atoms with Crippen LogP contribution in [-0.2, 0) is 19.6 Å². The highest BCUT2D eigenvalue weighted by atomic mass is 32.2. The first kappa shape index (κ1) is 16.9. The maximum atomic E-state index is 12.9. The van der Waals surface area contributed by atoms with Crippen LogP contribution < -0.4 is 0 Å². The number of piperidine rings is 1. The zero-order valence-electron chi connectivity index (χ0n) is 13.7. The standard InChI is InChI=1S/C16H25NO5S/c1-15(2)12-3-6-16(15,13(18)9-12)10-23(21,22)17-7-4-11(5-8-17)14(19)20/h11-12H,3-10H2,1-2H3,(H,19,20)/t12-,16+/m0/s1. The molecule has 1 saturated heterocycles. The van der Waals surface area contributed by atoms with E-state index in [2.05, 4.69) is 0 Å². The van der Waals surface area contributed by atoms with Crippen LogP contribution in [-0.4, -0.2) is 48.4 Å². The highest BCUT2D eigenvalue weighted by Crippen LogP contribution is 2.64. The van der Waals surface area contributed by atoms with Gasteiger partial charge in [-0.15, -0.1) is 0 Å². The van der Waals surface area contributed by atoms with Gasteiger partial charge in [0.15, 0.2) is 0 Å². The molecule has 0 aromatic carbocycles. The lowest BCUT2D eigenvalue weighted by atomic mass is 9.70. The molecule has 2 bridgehead atoms. The number of ketones is 1. The van der Waals surface area contributed by atoms with Gasteiger partial charge in [-0.25, -0.2) is 12.7 Å². The molecule has 3 aliphatic rings. The summed E-state index contributed by atoms with van der Waals surface area (Å²) in [7, 11) is -3.54. The monoisotopic (exact) mass is 343 g/mol. The molecule has 0 aromatic heterocycles. The van der Waals surface area contributed by atoms with E-state index in [0.29, 0.717) is 31.6 Å². The van der Waals surface area contributed by atoms with Crippen LogP contribution in [0.25, 0.3) is 0 Å². The molecule has 2 atom stereocenters. The van der Waals surface area contributed by atoms with E-state index in [-0.39, 0.29) is 30.0 Å². The quantitative estimate of drug-likeness (QED) is 0.835. The summed E-state index contributed by atoms with van der Waals surface area (Å²) < 4.78 is 27.1. The third-order valence-corrected chi connectivity index (χ3v) is 8.77. The Balaban J connectivity index is 1.77. The zero-order chi connectivity index (χ0) is 17.0. The molecule has 1 N–H and O–H groups in total. The van der Waals surface area contributed by atoms with E-state index < -0.39 is 27.3 Å². The lowest BCUT2D eigenvalue weighted by molar-refractivity contribution is -0.142. The molecule has 0 radical (unpaired) electrons. The van der Waals surface area contributed by atoms with Gasteiger partial charge in [0.2, 0.25) is 10.0 Å². The predicted molar refractivity (Wildman–Crippen MR) is 84.3 cm³/mol. The minimum atomic E-state index is -3.54. The normalized spacial score (nSPS) is 34.9. The summed E-state index contributed by atoms with van der Waals surface area (Å²) in [6.07, 6.45) is 2.79. The molecule has 130 valence electrons. The lowest BCUT2D eigenvalue weighted by Gasteiger charge is -2.38. The maximum Gasteiger partial charge on any atom is 0.306 e. The van der Waals surface area contributed by atoms with Crippen molar-refractivity contribution in [3.8, 4) is 0 Å². The largest absolute Gasteiger partial charge is 0.481 e. The molecule has 3 fully saturated rings. The Hall–Kier alpha value is -0.950. The molecule has 7 heteroatoms. The summed E-state index contributed by atoms with van der Waals surface area (Å²) in [6, 6.07) is 0. The van der Waals surface area contributed by atoms with Gasteiger partial charge in [0.05, 0.1) is 11.7 Å². The number of carboxylic acids is 1. The Bertz CT molecular complexity index is 633. The number of rotatable bonds is 4. The highest BCUT2D eigenvalue weighted by Gasteiger charge is 2.65. The third kappa shape index (κ3) is 2.43. The fourth-order valence-corrected chi connectivity index (χ4v) is 7.14. The number of sulfonamides is 1. The van der Waals surface area contributed by atoms with Crippen molar-refractivity contribution in [1.29, 1.82) is 0 Å². The van der Waals surface area contributed by atoms with E-state index in [1.165, 1.54) is 4.31 Å². The van der Waals surface area contributed by atoms with E-state index >= 15 is 0 Å². The summed E-state index contributed by atoms with van der Waals surface area (Å²) in [4.78, 5) is 23.5. The molecule has 1 aliphatic heterocycles. The van der Waals surface area contributed by atoms with Crippen LogP contribution in [0.2, 0.25) is 0 Å². The molecule has 2 saturated carbocycles. The molecular weight excluding hydrogens is 318 g/mol. The van der Waals surface area contributed by atoms with Gasteiger partial charge in [-0.2, -0.15) is 0 Å². The van der Waals surface area contributed by atoms with Crippen molar-refractivity contribution in [2.45, 2.75) is 46.0 Å². The molecule has 6 nitrogen and oxygen atoms in total. The molecule has 0 aromatic rings. The molecule has 23 heavy (non-hydrogen) atoms. The van der Waals surface area contributed by atoms with Crippen molar-refractivity contribution in [3.05, 3.63) is 0 Å². The third-order valence-electron chi connectivity index (χ3n) is 6.76. The van der Waals surface area contributed by atoms with E-state index in [1.54, 1.807) is 0 Å². The van der Waals surface area contributed by atoms with Gasteiger partial charge in [0.1, 0.15) is 5.78 Å². The smallest absolute Gasteiger partial charge is 0.306 e. The summed E-state index contributed by atoms with van der Waals surface area (Å²) in [5, 5.41) is 9.03. The minimum absolute atomic E-state index is 0.0998. The summed E-state index contributed by atoms with van der Waals surface area (Å²) >= 11 is 0. The lowest BCUT2D eigenvalue weighted by Crippen LogP contribution is -2.48. The van der Waals surface area contributed by atoms with Crippen LogP contribution in [0, 0.1) is 22.7 Å². The molecule has 0 spiro atoms. The molecule has 0 amide bonds. The number of nitrogens with zero attached hydrogens (tertiary/aromatic N) is 1. The second-order valence-corrected chi connectivity index (χ2v) is 9.90. The number of aliphatic carboxylic acids is 1. The first-order chi connectivity index (χ1) is 10.6. The summed E-state index contributed by atoms with van der Waals surface area (Å²) in [6.45, 7) is 4.55. The van der Waals surface area contributed by atoms with Crippen molar-refractivity contribution in [3.63, 3.8) is 0 Å². The van der Waals surface area contributed by atoms with E-state index in [0.717, 1.165) is 6.42 Å². The number of fused-ring (bicyclic) bond motifs is 2. The number of carbonyl (C=O) groups excluding carboxylic acids is 1. The zero-order valence-corrected chi connectivity index (χ0v) is 14.6. The Morgan fingerprint density at radius 3 is 2.30 bits per heavy atom. The highest BCUT2D eigenvalue weighted by molar-refractivity contribution is 7.89. The van der Waals surface area contributed by atoms with Crippen LogP contribution in [0.5, 0.6) is 0 Å². The van der Waals surface area contributed by atoms with Gasteiger partial charge in [0.25, 0.3) is 0 Å². The second-order valence-electron chi connectivity index (χ2n) is 7.93. The van der Waals surface area contributed by atoms with Crippen molar-refractivity contribution in [2.75, 3.05) is 18.8 Å². The van der Waals surface area contributed by atoms with E-state index in [1.807, 2.05) is 13.8 Å². The average Bonchev–Trinajstić information content (AvgIpc) is 2.81. The predicted octanol–water partition coefficient (Wildman–Crippen LogP) is 1.51. The van der Waals surface area contributed by atoms with Crippen LogP contribution in [0.1, 0.15) is 46.0 Å². The van der Waals surface area contributed by atoms with Crippen LogP contribution in [0.3, 0.4) is 0 Å². The van der Waals surface area contributed by atoms with Gasteiger partial charge in [0, 0.05) is 24.9 Å². The minimum Gasteiger partial charge on any atom is -0.481 e. The van der Waals surface area contributed by atoms with Gasteiger partial charge in [-0.05, 0) is 37.0 Å². The Kier molecular flexibility index (Phi) is 3.87. The van der Waals surface area contributed by atoms with Gasteiger partial charge in [-0.3, -0.25) is 9.59 Å². The molecule has 1 heterocycles. The van der Waals surface area contributed by atoms with Crippen LogP contribution in [0.4, 0.5) is 0 Å². The molecule has 2 aliphatic carbocycles. The van der Waals surface area contributed by atoms with E-state index in [4.69, 9.17) is 5.11 Å². The number of Topliss-reactive ketones (excluding diaryl/α,β-unsaturated/α-hetero) is 1. The van der Waals surface area contributed by atoms with Gasteiger partial charge in [-0.1, -0.05) is 13.8 Å². The van der Waals surface area contributed by atoms with Crippen molar-refractivity contribution in [2.24, 2.45) is 22.7 Å². The van der Waals surface area contributed by atoms with E-state index in [9.17, 15) is 18.0 Å². The van der Waals surface area contributed by atoms with Crippen molar-refractivity contribution in [1.82, 2.24) is 4.31 Å². The summed E-state index contributed by atoms with van der Waals surface area (Å²) in [5.74, 6) is -1.03. The maximum absolute atomic E-state index is 12.9.